The van der Waals surface area contributed by atoms with Gasteiger partial charge in [0, 0.05) is 30.1 Å². The minimum atomic E-state index is -0.283. The van der Waals surface area contributed by atoms with E-state index in [-0.39, 0.29) is 29.3 Å². The number of rotatable bonds is 2. The molecule has 4 nitrogen and oxygen atoms in total. The van der Waals surface area contributed by atoms with Gasteiger partial charge in [0.25, 0.3) is 0 Å². The third-order valence-electron chi connectivity index (χ3n) is 3.96. The van der Waals surface area contributed by atoms with Gasteiger partial charge in [-0.15, -0.1) is 0 Å². The Balaban J connectivity index is 1.74. The fourth-order valence-corrected chi connectivity index (χ4v) is 2.94. The zero-order valence-corrected chi connectivity index (χ0v) is 11.4. The molecule has 0 spiro atoms. The van der Waals surface area contributed by atoms with Gasteiger partial charge in [-0.05, 0) is 12.1 Å². The van der Waals surface area contributed by atoms with Crippen molar-refractivity contribution in [3.8, 4) is 0 Å². The Hall–Kier alpha value is -1.13. The van der Waals surface area contributed by atoms with Gasteiger partial charge in [-0.3, -0.25) is 4.79 Å². The quantitative estimate of drug-likeness (QED) is 0.824. The Morgan fingerprint density at radius 2 is 1.95 bits per heavy atom. The molecule has 0 N–H and O–H groups in total. The van der Waals surface area contributed by atoms with E-state index in [0.29, 0.717) is 26.1 Å². The predicted molar refractivity (Wildman–Crippen MR) is 68.7 cm³/mol. The summed E-state index contributed by atoms with van der Waals surface area (Å²) in [5, 5.41) is 0. The topological polar surface area (TPSA) is 48.7 Å². The van der Waals surface area contributed by atoms with Gasteiger partial charge < -0.3 is 13.9 Å². The summed E-state index contributed by atoms with van der Waals surface area (Å²) in [6.45, 7) is 5.58. The van der Waals surface area contributed by atoms with E-state index in [1.54, 1.807) is 6.26 Å². The van der Waals surface area contributed by atoms with Crippen LogP contribution in [0.1, 0.15) is 38.4 Å². The van der Waals surface area contributed by atoms with E-state index in [9.17, 15) is 4.79 Å². The van der Waals surface area contributed by atoms with Gasteiger partial charge in [0.1, 0.15) is 11.5 Å². The molecule has 4 heteroatoms. The standard InChI is InChI=1S/C15H20O4/c1-15(2)8-18-14(19-9-15)12-7-10(16)6-11(12)13-4-3-5-17-13/h3-5,11-12,14H,6-9H2,1-2H3/t11-,12-/m0/s1. The Kier molecular flexibility index (Phi) is 3.23. The van der Waals surface area contributed by atoms with Crippen LogP contribution >= 0.6 is 0 Å². The molecule has 1 aliphatic heterocycles. The number of Topliss-reactive ketones (excluding diaryl/α,β-unsaturated/α-hetero) is 1. The second kappa shape index (κ2) is 4.76. The molecule has 1 saturated carbocycles. The Labute approximate surface area is 113 Å². The van der Waals surface area contributed by atoms with Crippen LogP contribution in [0, 0.1) is 11.3 Å². The SMILES string of the molecule is CC1(C)COC([C@H]2CC(=O)C[C@@H]2c2ccco2)OC1. The molecule has 1 aromatic heterocycles. The number of furan rings is 1. The van der Waals surface area contributed by atoms with Crippen molar-refractivity contribution in [2.75, 3.05) is 13.2 Å². The molecule has 1 aliphatic carbocycles. The summed E-state index contributed by atoms with van der Waals surface area (Å²) < 4.78 is 17.1. The fourth-order valence-electron chi connectivity index (χ4n) is 2.94. The van der Waals surface area contributed by atoms with Crippen LogP contribution in [0.25, 0.3) is 0 Å². The third-order valence-corrected chi connectivity index (χ3v) is 3.96. The summed E-state index contributed by atoms with van der Waals surface area (Å²) >= 11 is 0. The van der Waals surface area contributed by atoms with Crippen LogP contribution in [-0.2, 0) is 14.3 Å². The van der Waals surface area contributed by atoms with Crippen LogP contribution in [0.3, 0.4) is 0 Å². The lowest BCUT2D eigenvalue weighted by molar-refractivity contribution is -0.244. The lowest BCUT2D eigenvalue weighted by atomic mass is 9.90. The first-order valence-electron chi connectivity index (χ1n) is 6.83. The normalized spacial score (nSPS) is 31.8. The lowest BCUT2D eigenvalue weighted by Crippen LogP contribution is -2.42. The van der Waals surface area contributed by atoms with Crippen molar-refractivity contribution < 1.29 is 18.7 Å². The van der Waals surface area contributed by atoms with Crippen molar-refractivity contribution in [1.29, 1.82) is 0 Å². The van der Waals surface area contributed by atoms with Crippen LogP contribution in [0.5, 0.6) is 0 Å². The largest absolute Gasteiger partial charge is 0.469 e. The van der Waals surface area contributed by atoms with Gasteiger partial charge in [-0.2, -0.15) is 0 Å². The first-order chi connectivity index (χ1) is 9.05. The van der Waals surface area contributed by atoms with E-state index >= 15 is 0 Å². The van der Waals surface area contributed by atoms with Crippen LogP contribution in [-0.4, -0.2) is 25.3 Å². The monoisotopic (exact) mass is 264 g/mol. The molecule has 3 rings (SSSR count). The smallest absolute Gasteiger partial charge is 0.161 e. The average molecular weight is 264 g/mol. The highest BCUT2D eigenvalue weighted by Gasteiger charge is 2.44. The molecule has 1 saturated heterocycles. The van der Waals surface area contributed by atoms with Crippen LogP contribution < -0.4 is 0 Å². The summed E-state index contributed by atoms with van der Waals surface area (Å²) in [5.41, 5.74) is 0.0549. The van der Waals surface area contributed by atoms with Crippen LogP contribution in [0.2, 0.25) is 0 Å². The van der Waals surface area contributed by atoms with Gasteiger partial charge in [0.15, 0.2) is 6.29 Å². The second-order valence-electron chi connectivity index (χ2n) is 6.39. The van der Waals surface area contributed by atoms with Crippen molar-refractivity contribution in [2.24, 2.45) is 11.3 Å². The van der Waals surface area contributed by atoms with E-state index in [1.807, 2.05) is 12.1 Å². The molecular formula is C15H20O4. The average Bonchev–Trinajstić information content (AvgIpc) is 2.97. The molecule has 2 aliphatic rings. The molecule has 2 fully saturated rings. The number of hydrogen-bond donors (Lipinski definition) is 0. The maximum atomic E-state index is 11.8. The molecule has 2 heterocycles. The van der Waals surface area contributed by atoms with E-state index in [2.05, 4.69) is 13.8 Å². The van der Waals surface area contributed by atoms with Gasteiger partial charge >= 0.3 is 0 Å². The number of hydrogen-bond acceptors (Lipinski definition) is 4. The first-order valence-corrected chi connectivity index (χ1v) is 6.83. The maximum absolute atomic E-state index is 11.8. The minimum absolute atomic E-state index is 0.0549. The number of ketones is 1. The van der Waals surface area contributed by atoms with Crippen molar-refractivity contribution in [3.05, 3.63) is 24.2 Å². The van der Waals surface area contributed by atoms with Crippen molar-refractivity contribution in [3.63, 3.8) is 0 Å². The highest BCUT2D eigenvalue weighted by atomic mass is 16.7. The molecule has 2 atom stereocenters. The maximum Gasteiger partial charge on any atom is 0.161 e. The molecule has 0 aromatic carbocycles. The highest BCUT2D eigenvalue weighted by molar-refractivity contribution is 5.82. The highest BCUT2D eigenvalue weighted by Crippen LogP contribution is 2.42. The molecule has 0 bridgehead atoms. The van der Waals surface area contributed by atoms with E-state index in [4.69, 9.17) is 13.9 Å². The molecule has 0 amide bonds. The van der Waals surface area contributed by atoms with Crippen molar-refractivity contribution in [1.82, 2.24) is 0 Å². The van der Waals surface area contributed by atoms with Gasteiger partial charge in [0.05, 0.1) is 19.5 Å². The zero-order chi connectivity index (χ0) is 13.5. The Bertz CT molecular complexity index is 439. The molecule has 104 valence electrons. The third kappa shape index (κ3) is 2.60. The second-order valence-corrected chi connectivity index (χ2v) is 6.39. The van der Waals surface area contributed by atoms with Crippen molar-refractivity contribution in [2.45, 2.75) is 38.9 Å². The van der Waals surface area contributed by atoms with Gasteiger partial charge in [0.2, 0.25) is 0 Å². The zero-order valence-electron chi connectivity index (χ0n) is 11.4. The van der Waals surface area contributed by atoms with Gasteiger partial charge in [-0.1, -0.05) is 13.8 Å². The lowest BCUT2D eigenvalue weighted by Gasteiger charge is -2.38. The summed E-state index contributed by atoms with van der Waals surface area (Å²) in [7, 11) is 0. The van der Waals surface area contributed by atoms with Crippen LogP contribution in [0.4, 0.5) is 0 Å². The molecule has 0 unspecified atom stereocenters. The minimum Gasteiger partial charge on any atom is -0.469 e. The first kappa shape index (κ1) is 12.9. The fraction of sp³-hybridized carbons (Fsp3) is 0.667. The van der Waals surface area contributed by atoms with E-state index in [1.165, 1.54) is 0 Å². The predicted octanol–water partition coefficient (Wildman–Crippen LogP) is 2.74. The molecular weight excluding hydrogens is 244 g/mol. The number of ether oxygens (including phenoxy) is 2. The summed E-state index contributed by atoms with van der Waals surface area (Å²) in [6, 6.07) is 3.80. The summed E-state index contributed by atoms with van der Waals surface area (Å²) in [6.07, 6.45) is 2.43. The number of carbonyl (C=O) groups excluding carboxylic acids is 1. The van der Waals surface area contributed by atoms with Crippen molar-refractivity contribution >= 4 is 5.78 Å². The molecule has 0 radical (unpaired) electrons. The summed E-state index contributed by atoms with van der Waals surface area (Å²) in [5.74, 6) is 1.31. The van der Waals surface area contributed by atoms with Crippen LogP contribution in [0.15, 0.2) is 22.8 Å². The molecule has 19 heavy (non-hydrogen) atoms. The Morgan fingerprint density at radius 1 is 1.21 bits per heavy atom. The Morgan fingerprint density at radius 3 is 2.58 bits per heavy atom. The molecule has 1 aromatic rings. The van der Waals surface area contributed by atoms with E-state index < -0.39 is 0 Å². The van der Waals surface area contributed by atoms with Gasteiger partial charge in [-0.25, -0.2) is 0 Å². The summed E-state index contributed by atoms with van der Waals surface area (Å²) in [4.78, 5) is 11.8. The van der Waals surface area contributed by atoms with E-state index in [0.717, 1.165) is 5.76 Å². The number of carbonyl (C=O) groups is 1.